The largest absolute Gasteiger partial charge is 0.378 e. The topological polar surface area (TPSA) is 80.2 Å². The lowest BCUT2D eigenvalue weighted by Gasteiger charge is -2.44. The Bertz CT molecular complexity index is 727. The molecule has 136 valence electrons. The number of carbonyl (C=O) groups excluding carboxylic acids is 1. The summed E-state index contributed by atoms with van der Waals surface area (Å²) in [5, 5.41) is 3.07. The van der Waals surface area contributed by atoms with E-state index in [1.165, 1.54) is 0 Å². The fourth-order valence-electron chi connectivity index (χ4n) is 3.90. The third-order valence-corrected chi connectivity index (χ3v) is 5.23. The fourth-order valence-corrected chi connectivity index (χ4v) is 3.90. The smallest absolute Gasteiger partial charge is 0.225 e. The van der Waals surface area contributed by atoms with Crippen molar-refractivity contribution in [2.24, 2.45) is 11.8 Å². The number of aromatic nitrogens is 3. The number of hydrogen-bond acceptors (Lipinski definition) is 6. The minimum atomic E-state index is -0.0445. The van der Waals surface area contributed by atoms with Gasteiger partial charge < -0.3 is 15.0 Å². The Morgan fingerprint density at radius 3 is 2.92 bits per heavy atom. The van der Waals surface area contributed by atoms with Gasteiger partial charge in [-0.3, -0.25) is 9.78 Å². The summed E-state index contributed by atoms with van der Waals surface area (Å²) in [6.07, 6.45) is 8.81. The molecule has 3 atom stereocenters. The Morgan fingerprint density at radius 1 is 1.23 bits per heavy atom. The van der Waals surface area contributed by atoms with Gasteiger partial charge in [-0.15, -0.1) is 0 Å². The van der Waals surface area contributed by atoms with Gasteiger partial charge in [0.25, 0.3) is 0 Å². The molecular weight excluding hydrogens is 330 g/mol. The van der Waals surface area contributed by atoms with Crippen molar-refractivity contribution in [3.63, 3.8) is 0 Å². The lowest BCUT2D eigenvalue weighted by atomic mass is 9.79. The first-order chi connectivity index (χ1) is 12.8. The molecule has 4 heterocycles. The molecule has 0 saturated carbocycles. The van der Waals surface area contributed by atoms with Crippen molar-refractivity contribution in [3.05, 3.63) is 48.5 Å². The van der Waals surface area contributed by atoms with Crippen LogP contribution in [-0.4, -0.2) is 46.7 Å². The average Bonchev–Trinajstić information content (AvgIpc) is 2.72. The van der Waals surface area contributed by atoms with Crippen LogP contribution < -0.4 is 10.2 Å². The van der Waals surface area contributed by atoms with Gasteiger partial charge >= 0.3 is 0 Å². The van der Waals surface area contributed by atoms with Gasteiger partial charge in [-0.05, 0) is 30.5 Å². The molecule has 2 aliphatic heterocycles. The summed E-state index contributed by atoms with van der Waals surface area (Å²) < 4.78 is 5.95. The molecule has 1 amide bonds. The summed E-state index contributed by atoms with van der Waals surface area (Å²) in [5.41, 5.74) is 1.01. The van der Waals surface area contributed by atoms with Gasteiger partial charge in [0.15, 0.2) is 0 Å². The molecule has 2 fully saturated rings. The lowest BCUT2D eigenvalue weighted by Crippen LogP contribution is -2.53. The second-order valence-corrected chi connectivity index (χ2v) is 6.83. The van der Waals surface area contributed by atoms with Crippen LogP contribution in [0.1, 0.15) is 18.4 Å². The number of hydrogen-bond donors (Lipinski definition) is 1. The van der Waals surface area contributed by atoms with E-state index < -0.39 is 0 Å². The Balaban J connectivity index is 1.43. The Labute approximate surface area is 152 Å². The molecule has 0 bridgehead atoms. The molecule has 2 aromatic heterocycles. The number of piperidine rings is 1. The highest BCUT2D eigenvalue weighted by Gasteiger charge is 2.42. The highest BCUT2D eigenvalue weighted by atomic mass is 16.5. The van der Waals surface area contributed by atoms with Gasteiger partial charge in [0.2, 0.25) is 11.9 Å². The van der Waals surface area contributed by atoms with E-state index in [2.05, 4.69) is 25.2 Å². The molecule has 0 unspecified atom stereocenters. The molecular formula is C19H23N5O2. The van der Waals surface area contributed by atoms with E-state index >= 15 is 0 Å². The molecule has 2 aliphatic rings. The number of rotatable bonds is 4. The van der Waals surface area contributed by atoms with E-state index in [0.29, 0.717) is 13.2 Å². The molecule has 0 radical (unpaired) electrons. The number of fused-ring (bicyclic) bond motifs is 1. The van der Waals surface area contributed by atoms with E-state index in [9.17, 15) is 4.79 Å². The van der Waals surface area contributed by atoms with Gasteiger partial charge in [0.1, 0.15) is 0 Å². The highest BCUT2D eigenvalue weighted by molar-refractivity contribution is 5.79. The summed E-state index contributed by atoms with van der Waals surface area (Å²) in [5.74, 6) is 0.946. The highest BCUT2D eigenvalue weighted by Crippen LogP contribution is 2.34. The predicted octanol–water partition coefficient (Wildman–Crippen LogP) is 1.42. The number of nitrogens with zero attached hydrogens (tertiary/aromatic N) is 4. The average molecular weight is 353 g/mol. The van der Waals surface area contributed by atoms with Crippen LogP contribution >= 0.6 is 0 Å². The Hall–Kier alpha value is -2.54. The van der Waals surface area contributed by atoms with Crippen molar-refractivity contribution in [2.45, 2.75) is 25.5 Å². The van der Waals surface area contributed by atoms with Crippen molar-refractivity contribution < 1.29 is 9.53 Å². The van der Waals surface area contributed by atoms with Crippen molar-refractivity contribution in [2.75, 3.05) is 24.6 Å². The SMILES string of the molecule is O=C(NCc1cccnc1)[C@@H]1CCO[C@@H]2CCN(c3ncccn3)C[C@H]21. The fraction of sp³-hybridized carbons (Fsp3) is 0.474. The third kappa shape index (κ3) is 3.67. The molecule has 0 spiro atoms. The van der Waals surface area contributed by atoms with Gasteiger partial charge in [0.05, 0.1) is 6.10 Å². The van der Waals surface area contributed by atoms with E-state index in [0.717, 1.165) is 37.4 Å². The zero-order valence-electron chi connectivity index (χ0n) is 14.6. The summed E-state index contributed by atoms with van der Waals surface area (Å²) in [7, 11) is 0. The molecule has 7 nitrogen and oxygen atoms in total. The zero-order chi connectivity index (χ0) is 17.8. The minimum Gasteiger partial charge on any atom is -0.378 e. The number of anilines is 1. The number of ether oxygens (including phenoxy) is 1. The normalized spacial score (nSPS) is 25.4. The minimum absolute atomic E-state index is 0.0445. The summed E-state index contributed by atoms with van der Waals surface area (Å²) in [4.78, 5) is 27.8. The maximum atomic E-state index is 12.8. The predicted molar refractivity (Wildman–Crippen MR) is 96.3 cm³/mol. The molecule has 2 aromatic rings. The van der Waals surface area contributed by atoms with Crippen molar-refractivity contribution in [1.82, 2.24) is 20.3 Å². The summed E-state index contributed by atoms with van der Waals surface area (Å²) >= 11 is 0. The Morgan fingerprint density at radius 2 is 2.12 bits per heavy atom. The molecule has 26 heavy (non-hydrogen) atoms. The molecule has 0 aliphatic carbocycles. The van der Waals surface area contributed by atoms with Crippen molar-refractivity contribution >= 4 is 11.9 Å². The van der Waals surface area contributed by atoms with Crippen LogP contribution in [0, 0.1) is 11.8 Å². The zero-order valence-corrected chi connectivity index (χ0v) is 14.6. The van der Waals surface area contributed by atoms with Crippen LogP contribution in [0.3, 0.4) is 0 Å². The maximum absolute atomic E-state index is 12.8. The van der Waals surface area contributed by atoms with Gasteiger partial charge in [-0.1, -0.05) is 6.07 Å². The first-order valence-corrected chi connectivity index (χ1v) is 9.11. The monoisotopic (exact) mass is 353 g/mol. The van der Waals surface area contributed by atoms with E-state index in [1.54, 1.807) is 24.8 Å². The van der Waals surface area contributed by atoms with Crippen LogP contribution in [-0.2, 0) is 16.1 Å². The molecule has 2 saturated heterocycles. The van der Waals surface area contributed by atoms with Crippen LogP contribution in [0.15, 0.2) is 43.0 Å². The summed E-state index contributed by atoms with van der Waals surface area (Å²) in [6, 6.07) is 5.66. The quantitative estimate of drug-likeness (QED) is 0.895. The van der Waals surface area contributed by atoms with E-state index in [-0.39, 0.29) is 23.8 Å². The van der Waals surface area contributed by atoms with Gasteiger partial charge in [-0.2, -0.15) is 0 Å². The van der Waals surface area contributed by atoms with Crippen LogP contribution in [0.4, 0.5) is 5.95 Å². The second-order valence-electron chi connectivity index (χ2n) is 6.83. The molecule has 0 aromatic carbocycles. The summed E-state index contributed by atoms with van der Waals surface area (Å²) in [6.45, 7) is 2.76. The number of carbonyl (C=O) groups is 1. The standard InChI is InChI=1S/C19H23N5O2/c25-18(23-12-14-3-1-6-20-11-14)15-5-10-26-17-4-9-24(13-16(15)17)19-21-7-2-8-22-19/h1-3,6-8,11,15-17H,4-5,9-10,12-13H2,(H,23,25)/t15-,16+,17-/m1/s1. The van der Waals surface area contributed by atoms with E-state index in [1.807, 2.05) is 18.2 Å². The second kappa shape index (κ2) is 7.78. The first-order valence-electron chi connectivity index (χ1n) is 9.11. The van der Waals surface area contributed by atoms with Crippen LogP contribution in [0.25, 0.3) is 0 Å². The van der Waals surface area contributed by atoms with Gasteiger partial charge in [0, 0.05) is 62.9 Å². The maximum Gasteiger partial charge on any atom is 0.225 e. The number of nitrogens with one attached hydrogen (secondary N) is 1. The van der Waals surface area contributed by atoms with Crippen molar-refractivity contribution in [3.8, 4) is 0 Å². The van der Waals surface area contributed by atoms with Crippen molar-refractivity contribution in [1.29, 1.82) is 0 Å². The number of amides is 1. The molecule has 1 N–H and O–H groups in total. The molecule has 7 heteroatoms. The molecule has 4 rings (SSSR count). The first kappa shape index (κ1) is 16.9. The van der Waals surface area contributed by atoms with Crippen LogP contribution in [0.2, 0.25) is 0 Å². The third-order valence-electron chi connectivity index (χ3n) is 5.23. The number of pyridine rings is 1. The van der Waals surface area contributed by atoms with Crippen LogP contribution in [0.5, 0.6) is 0 Å². The van der Waals surface area contributed by atoms with Gasteiger partial charge in [-0.25, -0.2) is 9.97 Å². The Kier molecular flexibility index (Phi) is 5.06. The van der Waals surface area contributed by atoms with E-state index in [4.69, 9.17) is 4.74 Å². The lowest BCUT2D eigenvalue weighted by molar-refractivity contribution is -0.137.